The lowest BCUT2D eigenvalue weighted by molar-refractivity contribution is 0.256. The Morgan fingerprint density at radius 1 is 1.50 bits per heavy atom. The summed E-state index contributed by atoms with van der Waals surface area (Å²) in [5.41, 5.74) is 2.01. The molecule has 0 amide bonds. The summed E-state index contributed by atoms with van der Waals surface area (Å²) in [5, 5.41) is 8.12. The van der Waals surface area contributed by atoms with Gasteiger partial charge in [0.15, 0.2) is 0 Å². The molecule has 1 aliphatic rings. The SMILES string of the molecule is CCCNCC(C)(Cc1ccsc1)C1CC1. The summed E-state index contributed by atoms with van der Waals surface area (Å²) >= 11 is 1.82. The fourth-order valence-corrected chi connectivity index (χ4v) is 3.21. The second-order valence-corrected chi connectivity index (χ2v) is 6.19. The summed E-state index contributed by atoms with van der Waals surface area (Å²) in [4.78, 5) is 0. The molecule has 1 atom stereocenters. The molecule has 1 aromatic rings. The largest absolute Gasteiger partial charge is 0.316 e. The van der Waals surface area contributed by atoms with Gasteiger partial charge in [-0.2, -0.15) is 11.3 Å². The third-order valence-electron chi connectivity index (χ3n) is 3.71. The van der Waals surface area contributed by atoms with Crippen molar-refractivity contribution in [3.63, 3.8) is 0 Å². The van der Waals surface area contributed by atoms with Gasteiger partial charge in [0.2, 0.25) is 0 Å². The molecule has 1 saturated carbocycles. The Hall–Kier alpha value is -0.340. The Kier molecular flexibility index (Phi) is 4.04. The van der Waals surface area contributed by atoms with Gasteiger partial charge in [-0.25, -0.2) is 0 Å². The van der Waals surface area contributed by atoms with Gasteiger partial charge in [-0.15, -0.1) is 0 Å². The third kappa shape index (κ3) is 3.08. The van der Waals surface area contributed by atoms with Crippen LogP contribution in [0.4, 0.5) is 0 Å². The molecule has 0 aliphatic heterocycles. The highest BCUT2D eigenvalue weighted by atomic mass is 32.1. The minimum Gasteiger partial charge on any atom is -0.316 e. The van der Waals surface area contributed by atoms with E-state index in [1.807, 2.05) is 11.3 Å². The van der Waals surface area contributed by atoms with E-state index >= 15 is 0 Å². The smallest absolute Gasteiger partial charge is 0.00110 e. The van der Waals surface area contributed by atoms with E-state index in [2.05, 4.69) is 36.0 Å². The first-order valence-electron chi connectivity index (χ1n) is 6.46. The van der Waals surface area contributed by atoms with Gasteiger partial charge in [-0.1, -0.05) is 13.8 Å². The Balaban J connectivity index is 1.92. The van der Waals surface area contributed by atoms with Crippen LogP contribution in [0.25, 0.3) is 0 Å². The Morgan fingerprint density at radius 2 is 2.31 bits per heavy atom. The van der Waals surface area contributed by atoms with Crippen LogP contribution >= 0.6 is 11.3 Å². The highest BCUT2D eigenvalue weighted by Crippen LogP contribution is 2.47. The Labute approximate surface area is 103 Å². The number of rotatable bonds is 7. The van der Waals surface area contributed by atoms with Crippen molar-refractivity contribution in [2.45, 2.75) is 39.5 Å². The summed E-state index contributed by atoms with van der Waals surface area (Å²) in [6.07, 6.45) is 5.36. The quantitative estimate of drug-likeness (QED) is 0.713. The molecular formula is C14H23NS. The second kappa shape index (κ2) is 5.33. The molecule has 1 fully saturated rings. The van der Waals surface area contributed by atoms with Crippen LogP contribution in [-0.2, 0) is 6.42 Å². The normalized spacial score (nSPS) is 19.6. The molecule has 0 radical (unpaired) electrons. The maximum atomic E-state index is 3.61. The van der Waals surface area contributed by atoms with E-state index in [0.717, 1.165) is 12.5 Å². The molecule has 2 heteroatoms. The lowest BCUT2D eigenvalue weighted by Crippen LogP contribution is -2.35. The molecule has 1 aliphatic carbocycles. The van der Waals surface area contributed by atoms with Gasteiger partial charge >= 0.3 is 0 Å². The number of thiophene rings is 1. The molecule has 90 valence electrons. The van der Waals surface area contributed by atoms with E-state index in [-0.39, 0.29) is 0 Å². The van der Waals surface area contributed by atoms with Crippen molar-refractivity contribution in [2.24, 2.45) is 11.3 Å². The van der Waals surface area contributed by atoms with Gasteiger partial charge in [0.1, 0.15) is 0 Å². The summed E-state index contributed by atoms with van der Waals surface area (Å²) in [7, 11) is 0. The average molecular weight is 237 g/mol. The van der Waals surface area contributed by atoms with Crippen molar-refractivity contribution in [1.29, 1.82) is 0 Å². The molecular weight excluding hydrogens is 214 g/mol. The molecule has 1 N–H and O–H groups in total. The summed E-state index contributed by atoms with van der Waals surface area (Å²) in [5.74, 6) is 0.955. The van der Waals surface area contributed by atoms with Gasteiger partial charge < -0.3 is 5.32 Å². The summed E-state index contributed by atoms with van der Waals surface area (Å²) < 4.78 is 0. The van der Waals surface area contributed by atoms with Gasteiger partial charge in [0.25, 0.3) is 0 Å². The maximum absolute atomic E-state index is 3.61. The van der Waals surface area contributed by atoms with Gasteiger partial charge in [-0.3, -0.25) is 0 Å². The zero-order valence-corrected chi connectivity index (χ0v) is 11.3. The van der Waals surface area contributed by atoms with E-state index in [9.17, 15) is 0 Å². The van der Waals surface area contributed by atoms with Crippen molar-refractivity contribution in [2.75, 3.05) is 13.1 Å². The molecule has 1 unspecified atom stereocenters. The predicted octanol–water partition coefficient (Wildman–Crippen LogP) is 3.71. The maximum Gasteiger partial charge on any atom is 0.00110 e. The van der Waals surface area contributed by atoms with Crippen LogP contribution in [-0.4, -0.2) is 13.1 Å². The first-order chi connectivity index (χ1) is 7.74. The number of hydrogen-bond acceptors (Lipinski definition) is 2. The molecule has 1 aromatic heterocycles. The molecule has 1 heterocycles. The Morgan fingerprint density at radius 3 is 2.88 bits per heavy atom. The predicted molar refractivity (Wildman–Crippen MR) is 72.0 cm³/mol. The second-order valence-electron chi connectivity index (χ2n) is 5.41. The fraction of sp³-hybridized carbons (Fsp3) is 0.714. The highest BCUT2D eigenvalue weighted by molar-refractivity contribution is 7.07. The van der Waals surface area contributed by atoms with Crippen LogP contribution < -0.4 is 5.32 Å². The highest BCUT2D eigenvalue weighted by Gasteiger charge is 2.40. The van der Waals surface area contributed by atoms with Gasteiger partial charge in [0.05, 0.1) is 0 Å². The standard InChI is InChI=1S/C14H23NS/c1-3-7-15-11-14(2,13-4-5-13)9-12-6-8-16-10-12/h6,8,10,13,15H,3-5,7,9,11H2,1-2H3. The molecule has 16 heavy (non-hydrogen) atoms. The van der Waals surface area contributed by atoms with E-state index in [1.165, 1.54) is 37.8 Å². The van der Waals surface area contributed by atoms with Crippen molar-refractivity contribution in [3.8, 4) is 0 Å². The molecule has 1 nitrogen and oxygen atoms in total. The zero-order valence-electron chi connectivity index (χ0n) is 10.5. The van der Waals surface area contributed by atoms with Crippen LogP contribution in [0.15, 0.2) is 16.8 Å². The molecule has 0 bridgehead atoms. The Bertz CT molecular complexity index is 303. The number of nitrogens with one attached hydrogen (secondary N) is 1. The molecule has 0 spiro atoms. The molecule has 0 saturated heterocycles. The third-order valence-corrected chi connectivity index (χ3v) is 4.44. The van der Waals surface area contributed by atoms with E-state index in [4.69, 9.17) is 0 Å². The first-order valence-corrected chi connectivity index (χ1v) is 7.40. The van der Waals surface area contributed by atoms with E-state index in [0.29, 0.717) is 5.41 Å². The minimum atomic E-state index is 0.482. The zero-order chi connectivity index (χ0) is 11.4. The van der Waals surface area contributed by atoms with Crippen LogP contribution in [0, 0.1) is 11.3 Å². The van der Waals surface area contributed by atoms with Gasteiger partial charge in [-0.05, 0) is 66.0 Å². The summed E-state index contributed by atoms with van der Waals surface area (Å²) in [6.45, 7) is 7.04. The molecule has 2 rings (SSSR count). The van der Waals surface area contributed by atoms with Crippen LogP contribution in [0.5, 0.6) is 0 Å². The average Bonchev–Trinajstić information content (AvgIpc) is 3.01. The lowest BCUT2D eigenvalue weighted by Gasteiger charge is -2.30. The van der Waals surface area contributed by atoms with Crippen molar-refractivity contribution in [3.05, 3.63) is 22.4 Å². The minimum absolute atomic E-state index is 0.482. The topological polar surface area (TPSA) is 12.0 Å². The lowest BCUT2D eigenvalue weighted by atomic mass is 9.79. The van der Waals surface area contributed by atoms with Crippen LogP contribution in [0.2, 0.25) is 0 Å². The van der Waals surface area contributed by atoms with E-state index in [1.54, 1.807) is 0 Å². The van der Waals surface area contributed by atoms with Crippen LogP contribution in [0.3, 0.4) is 0 Å². The number of hydrogen-bond donors (Lipinski definition) is 1. The van der Waals surface area contributed by atoms with Crippen LogP contribution in [0.1, 0.15) is 38.7 Å². The van der Waals surface area contributed by atoms with Gasteiger partial charge in [0, 0.05) is 6.54 Å². The van der Waals surface area contributed by atoms with Crippen molar-refractivity contribution >= 4 is 11.3 Å². The summed E-state index contributed by atoms with van der Waals surface area (Å²) in [6, 6.07) is 2.28. The van der Waals surface area contributed by atoms with Crippen molar-refractivity contribution < 1.29 is 0 Å². The first kappa shape index (κ1) is 12.1. The van der Waals surface area contributed by atoms with Crippen molar-refractivity contribution in [1.82, 2.24) is 5.32 Å². The monoisotopic (exact) mass is 237 g/mol. The molecule has 0 aromatic carbocycles. The fourth-order valence-electron chi connectivity index (χ4n) is 2.54. The van der Waals surface area contributed by atoms with E-state index < -0.39 is 0 Å².